The molecule has 4 heteroatoms. The lowest BCUT2D eigenvalue weighted by atomic mass is 10.1. The molecular weight excluding hydrogens is 232 g/mol. The summed E-state index contributed by atoms with van der Waals surface area (Å²) in [6.07, 6.45) is 5.08. The van der Waals surface area contributed by atoms with Gasteiger partial charge in [0.25, 0.3) is 0 Å². The van der Waals surface area contributed by atoms with E-state index in [1.807, 2.05) is 0 Å². The number of rotatable bonds is 10. The fraction of sp³-hybridized carbons (Fsp3) is 0.786. The molecule has 0 saturated carbocycles. The van der Waals surface area contributed by atoms with Crippen LogP contribution < -0.4 is 0 Å². The maximum Gasteiger partial charge on any atom is 0.310 e. The van der Waals surface area contributed by atoms with Gasteiger partial charge in [-0.15, -0.1) is 0 Å². The zero-order valence-electron chi connectivity index (χ0n) is 11.7. The van der Waals surface area contributed by atoms with Gasteiger partial charge < -0.3 is 9.47 Å². The van der Waals surface area contributed by atoms with Crippen LogP contribution in [0.15, 0.2) is 0 Å². The van der Waals surface area contributed by atoms with Crippen LogP contribution in [0.1, 0.15) is 52.9 Å². The van der Waals surface area contributed by atoms with Crippen LogP contribution in [0.2, 0.25) is 0 Å². The van der Waals surface area contributed by atoms with Crippen LogP contribution in [0.3, 0.4) is 0 Å². The van der Waals surface area contributed by atoms with Crippen LogP contribution in [0, 0.1) is 12.3 Å². The van der Waals surface area contributed by atoms with E-state index in [9.17, 15) is 9.59 Å². The number of hydrogen-bond acceptors (Lipinski definition) is 4. The van der Waals surface area contributed by atoms with Gasteiger partial charge in [-0.3, -0.25) is 9.59 Å². The van der Waals surface area contributed by atoms with Gasteiger partial charge >= 0.3 is 11.9 Å². The lowest BCUT2D eigenvalue weighted by molar-refractivity contribution is -0.146. The topological polar surface area (TPSA) is 52.6 Å². The van der Waals surface area contributed by atoms with Gasteiger partial charge in [0, 0.05) is 0 Å². The number of unbranched alkanes of at least 4 members (excludes halogenated alkanes) is 2. The second kappa shape index (κ2) is 11.1. The van der Waals surface area contributed by atoms with Crippen LogP contribution in [0.4, 0.5) is 0 Å². The summed E-state index contributed by atoms with van der Waals surface area (Å²) in [5.74, 6) is -0.311. The molecule has 0 aliphatic carbocycles. The largest absolute Gasteiger partial charge is 0.466 e. The van der Waals surface area contributed by atoms with Gasteiger partial charge in [-0.2, -0.15) is 0 Å². The number of ether oxygens (including phenoxy) is 2. The van der Waals surface area contributed by atoms with Gasteiger partial charge in [-0.1, -0.05) is 33.6 Å². The van der Waals surface area contributed by atoms with Crippen LogP contribution in [-0.2, 0) is 19.1 Å². The van der Waals surface area contributed by atoms with Crippen molar-refractivity contribution in [3.63, 3.8) is 0 Å². The number of hydrogen-bond donors (Lipinski definition) is 0. The first-order chi connectivity index (χ1) is 8.56. The summed E-state index contributed by atoms with van der Waals surface area (Å²) < 4.78 is 9.90. The van der Waals surface area contributed by atoms with Crippen LogP contribution >= 0.6 is 0 Å². The third kappa shape index (κ3) is 11.4. The molecule has 0 bridgehead atoms. The normalized spacial score (nSPS) is 10.4. The quantitative estimate of drug-likeness (QED) is 0.446. The van der Waals surface area contributed by atoms with Gasteiger partial charge in [0.15, 0.2) is 0 Å². The summed E-state index contributed by atoms with van der Waals surface area (Å²) in [5, 5.41) is 0. The fourth-order valence-corrected chi connectivity index (χ4v) is 1.22. The van der Waals surface area contributed by atoms with Crippen molar-refractivity contribution in [2.45, 2.75) is 52.9 Å². The van der Waals surface area contributed by atoms with Crippen molar-refractivity contribution >= 4 is 11.9 Å². The zero-order valence-corrected chi connectivity index (χ0v) is 11.7. The first kappa shape index (κ1) is 16.9. The monoisotopic (exact) mass is 257 g/mol. The Morgan fingerprint density at radius 3 is 2.44 bits per heavy atom. The Morgan fingerprint density at radius 1 is 1.11 bits per heavy atom. The van der Waals surface area contributed by atoms with Crippen LogP contribution in [0.5, 0.6) is 0 Å². The van der Waals surface area contributed by atoms with E-state index in [2.05, 4.69) is 20.8 Å². The molecule has 0 atom stereocenters. The molecular formula is C14H25O4. The Morgan fingerprint density at radius 2 is 1.83 bits per heavy atom. The lowest BCUT2D eigenvalue weighted by Crippen LogP contribution is -2.12. The molecule has 0 spiro atoms. The standard InChI is InChI=1S/C14H25O4/c1-4-5-6-10-17-13(15)7-8-14(16)18-11-9-12(2)3/h8,12H,4-7,9-11H2,1-3H3. The third-order valence-electron chi connectivity index (χ3n) is 2.39. The molecule has 4 nitrogen and oxygen atoms in total. The zero-order chi connectivity index (χ0) is 13.8. The molecule has 1 radical (unpaired) electrons. The molecule has 0 aromatic rings. The van der Waals surface area contributed by atoms with Crippen LogP contribution in [0.25, 0.3) is 0 Å². The maximum atomic E-state index is 11.2. The second-order valence-corrected chi connectivity index (χ2v) is 4.69. The summed E-state index contributed by atoms with van der Waals surface area (Å²) in [6.45, 7) is 7.04. The van der Waals surface area contributed by atoms with Crippen molar-refractivity contribution in [1.82, 2.24) is 0 Å². The molecule has 0 saturated heterocycles. The van der Waals surface area contributed by atoms with Crippen molar-refractivity contribution in [2.75, 3.05) is 13.2 Å². The Kier molecular flexibility index (Phi) is 10.4. The molecule has 0 aromatic carbocycles. The smallest absolute Gasteiger partial charge is 0.310 e. The van der Waals surface area contributed by atoms with E-state index in [1.54, 1.807) is 0 Å². The van der Waals surface area contributed by atoms with E-state index < -0.39 is 5.97 Å². The molecule has 105 valence electrons. The summed E-state index contributed by atoms with van der Waals surface area (Å²) >= 11 is 0. The minimum atomic E-state index is -0.443. The summed E-state index contributed by atoms with van der Waals surface area (Å²) in [4.78, 5) is 22.5. The van der Waals surface area contributed by atoms with Gasteiger partial charge in [0.1, 0.15) is 0 Å². The predicted octanol–water partition coefficient (Wildman–Crippen LogP) is 2.90. The molecule has 0 heterocycles. The highest BCUT2D eigenvalue weighted by Crippen LogP contribution is 2.02. The average molecular weight is 257 g/mol. The highest BCUT2D eigenvalue weighted by atomic mass is 16.5. The minimum absolute atomic E-state index is 0.00730. The maximum absolute atomic E-state index is 11.2. The molecule has 0 unspecified atom stereocenters. The lowest BCUT2D eigenvalue weighted by Gasteiger charge is -2.06. The SMILES string of the molecule is CCCCCOC(=O)C[CH]C(=O)OCCC(C)C. The number of esters is 2. The third-order valence-corrected chi connectivity index (χ3v) is 2.39. The summed E-state index contributed by atoms with van der Waals surface area (Å²) in [7, 11) is 0. The van der Waals surface area contributed by atoms with Gasteiger partial charge in [-0.25, -0.2) is 0 Å². The highest BCUT2D eigenvalue weighted by molar-refractivity contribution is 5.85. The van der Waals surface area contributed by atoms with Crippen molar-refractivity contribution in [1.29, 1.82) is 0 Å². The van der Waals surface area contributed by atoms with E-state index in [0.29, 0.717) is 19.1 Å². The van der Waals surface area contributed by atoms with Crippen molar-refractivity contribution in [2.24, 2.45) is 5.92 Å². The first-order valence-electron chi connectivity index (χ1n) is 6.71. The molecule has 0 rings (SSSR count). The summed E-state index contributed by atoms with van der Waals surface area (Å²) in [5.41, 5.74) is 0. The van der Waals surface area contributed by atoms with Gasteiger partial charge in [0.2, 0.25) is 0 Å². The molecule has 0 amide bonds. The molecule has 0 N–H and O–H groups in total. The fourth-order valence-electron chi connectivity index (χ4n) is 1.22. The van der Waals surface area contributed by atoms with Gasteiger partial charge in [0.05, 0.1) is 26.1 Å². The minimum Gasteiger partial charge on any atom is -0.466 e. The van der Waals surface area contributed by atoms with Crippen molar-refractivity contribution < 1.29 is 19.1 Å². The molecule has 0 fully saturated rings. The second-order valence-electron chi connectivity index (χ2n) is 4.69. The van der Waals surface area contributed by atoms with E-state index in [1.165, 1.54) is 6.42 Å². The van der Waals surface area contributed by atoms with E-state index in [4.69, 9.17) is 9.47 Å². The Hall–Kier alpha value is -1.06. The number of carbonyl (C=O) groups excluding carboxylic acids is 2. The Balaban J connectivity index is 3.44. The van der Waals surface area contributed by atoms with Gasteiger partial charge in [-0.05, 0) is 18.8 Å². The predicted molar refractivity (Wildman–Crippen MR) is 69.8 cm³/mol. The molecule has 0 aromatic heterocycles. The van der Waals surface area contributed by atoms with Crippen molar-refractivity contribution in [3.8, 4) is 0 Å². The molecule has 18 heavy (non-hydrogen) atoms. The molecule has 0 aliphatic heterocycles. The Bertz CT molecular complexity index is 236. The van der Waals surface area contributed by atoms with Crippen LogP contribution in [-0.4, -0.2) is 25.2 Å². The summed E-state index contributed by atoms with van der Waals surface area (Å²) in [6, 6.07) is 0. The average Bonchev–Trinajstić information content (AvgIpc) is 2.31. The van der Waals surface area contributed by atoms with E-state index >= 15 is 0 Å². The molecule has 0 aliphatic rings. The first-order valence-corrected chi connectivity index (χ1v) is 6.71. The van der Waals surface area contributed by atoms with Crippen molar-refractivity contribution in [3.05, 3.63) is 6.42 Å². The van der Waals surface area contributed by atoms with E-state index in [-0.39, 0.29) is 12.4 Å². The number of carbonyl (C=O) groups is 2. The Labute approximate surface area is 110 Å². The van der Waals surface area contributed by atoms with E-state index in [0.717, 1.165) is 25.7 Å². The highest BCUT2D eigenvalue weighted by Gasteiger charge is 2.09.